The van der Waals surface area contributed by atoms with Crippen LogP contribution >= 0.6 is 0 Å². The molecule has 1 atom stereocenters. The van der Waals surface area contributed by atoms with Crippen LogP contribution in [0.5, 0.6) is 0 Å². The summed E-state index contributed by atoms with van der Waals surface area (Å²) in [6, 6.07) is 0. The Bertz CT molecular complexity index is 275. The van der Waals surface area contributed by atoms with Crippen molar-refractivity contribution in [1.29, 1.82) is 0 Å². The molecule has 0 bridgehead atoms. The first-order valence-corrected chi connectivity index (χ1v) is 6.77. The molecule has 17 heavy (non-hydrogen) atoms. The zero-order valence-corrected chi connectivity index (χ0v) is 10.7. The SMILES string of the molecule is CC1(O)CCCN(CC(=O)NCC2CC2)CC1. The molecule has 1 saturated heterocycles. The van der Waals surface area contributed by atoms with E-state index in [-0.39, 0.29) is 5.91 Å². The highest BCUT2D eigenvalue weighted by Crippen LogP contribution is 2.27. The van der Waals surface area contributed by atoms with Crippen molar-refractivity contribution in [2.24, 2.45) is 5.92 Å². The van der Waals surface area contributed by atoms with Gasteiger partial charge in [-0.15, -0.1) is 0 Å². The second-order valence-electron chi connectivity index (χ2n) is 5.87. The van der Waals surface area contributed by atoms with Gasteiger partial charge in [-0.25, -0.2) is 0 Å². The summed E-state index contributed by atoms with van der Waals surface area (Å²) in [5, 5.41) is 13.0. The van der Waals surface area contributed by atoms with Gasteiger partial charge in [-0.1, -0.05) is 0 Å². The normalized spacial score (nSPS) is 30.9. The molecule has 0 radical (unpaired) electrons. The Labute approximate surface area is 103 Å². The second-order valence-corrected chi connectivity index (χ2v) is 5.87. The van der Waals surface area contributed by atoms with Gasteiger partial charge >= 0.3 is 0 Å². The summed E-state index contributed by atoms with van der Waals surface area (Å²) >= 11 is 0. The van der Waals surface area contributed by atoms with Gasteiger partial charge in [0.25, 0.3) is 0 Å². The Morgan fingerprint density at radius 1 is 1.41 bits per heavy atom. The smallest absolute Gasteiger partial charge is 0.234 e. The van der Waals surface area contributed by atoms with Gasteiger partial charge in [-0.2, -0.15) is 0 Å². The molecule has 4 nitrogen and oxygen atoms in total. The standard InChI is InChI=1S/C13H24N2O2/c1-13(17)5-2-7-15(8-6-13)10-12(16)14-9-11-3-4-11/h11,17H,2-10H2,1H3,(H,14,16). The van der Waals surface area contributed by atoms with E-state index in [0.717, 1.165) is 44.8 Å². The Kier molecular flexibility index (Phi) is 4.05. The van der Waals surface area contributed by atoms with Crippen LogP contribution in [0.25, 0.3) is 0 Å². The number of nitrogens with zero attached hydrogens (tertiary/aromatic N) is 1. The topological polar surface area (TPSA) is 52.6 Å². The van der Waals surface area contributed by atoms with Crippen molar-refractivity contribution in [2.75, 3.05) is 26.2 Å². The van der Waals surface area contributed by atoms with Crippen molar-refractivity contribution in [2.45, 2.75) is 44.6 Å². The Morgan fingerprint density at radius 2 is 2.18 bits per heavy atom. The van der Waals surface area contributed by atoms with Crippen LogP contribution in [0.4, 0.5) is 0 Å². The summed E-state index contributed by atoms with van der Waals surface area (Å²) in [5.41, 5.74) is -0.542. The number of nitrogens with one attached hydrogen (secondary N) is 1. The summed E-state index contributed by atoms with van der Waals surface area (Å²) in [7, 11) is 0. The zero-order chi connectivity index (χ0) is 12.3. The number of carbonyl (C=O) groups is 1. The third-order valence-corrected chi connectivity index (χ3v) is 3.81. The Hall–Kier alpha value is -0.610. The van der Waals surface area contributed by atoms with E-state index in [4.69, 9.17) is 0 Å². The number of carbonyl (C=O) groups excluding carboxylic acids is 1. The fraction of sp³-hybridized carbons (Fsp3) is 0.923. The molecule has 1 amide bonds. The van der Waals surface area contributed by atoms with Crippen LogP contribution in [0.2, 0.25) is 0 Å². The molecule has 0 aromatic rings. The number of rotatable bonds is 4. The molecule has 0 aromatic carbocycles. The molecule has 1 saturated carbocycles. The van der Waals surface area contributed by atoms with E-state index in [1.54, 1.807) is 0 Å². The molecule has 1 heterocycles. The van der Waals surface area contributed by atoms with Crippen LogP contribution in [0, 0.1) is 5.92 Å². The summed E-state index contributed by atoms with van der Waals surface area (Å²) in [6.45, 7) is 4.98. The number of aliphatic hydroxyl groups is 1. The van der Waals surface area contributed by atoms with Crippen molar-refractivity contribution in [1.82, 2.24) is 10.2 Å². The average Bonchev–Trinajstić information content (AvgIpc) is 3.06. The van der Waals surface area contributed by atoms with Crippen molar-refractivity contribution < 1.29 is 9.90 Å². The van der Waals surface area contributed by atoms with Crippen LogP contribution in [-0.2, 0) is 4.79 Å². The summed E-state index contributed by atoms with van der Waals surface area (Å²) in [4.78, 5) is 13.9. The van der Waals surface area contributed by atoms with Gasteiger partial charge in [0.15, 0.2) is 0 Å². The zero-order valence-electron chi connectivity index (χ0n) is 10.7. The van der Waals surface area contributed by atoms with E-state index >= 15 is 0 Å². The molecule has 2 rings (SSSR count). The molecular formula is C13H24N2O2. The summed E-state index contributed by atoms with van der Waals surface area (Å²) < 4.78 is 0. The second kappa shape index (κ2) is 5.36. The summed E-state index contributed by atoms with van der Waals surface area (Å²) in [6.07, 6.45) is 5.12. The van der Waals surface area contributed by atoms with Gasteiger partial charge in [-0.05, 0) is 51.5 Å². The minimum absolute atomic E-state index is 0.137. The highest BCUT2D eigenvalue weighted by atomic mass is 16.3. The van der Waals surface area contributed by atoms with Crippen molar-refractivity contribution in [3.63, 3.8) is 0 Å². The van der Waals surface area contributed by atoms with Crippen molar-refractivity contribution >= 4 is 5.91 Å². The number of likely N-dealkylation sites (tertiary alicyclic amines) is 1. The highest BCUT2D eigenvalue weighted by molar-refractivity contribution is 5.78. The van der Waals surface area contributed by atoms with Crippen LogP contribution < -0.4 is 5.32 Å². The molecule has 1 unspecified atom stereocenters. The maximum atomic E-state index is 11.7. The molecule has 2 N–H and O–H groups in total. The quantitative estimate of drug-likeness (QED) is 0.762. The fourth-order valence-corrected chi connectivity index (χ4v) is 2.32. The largest absolute Gasteiger partial charge is 0.390 e. The lowest BCUT2D eigenvalue weighted by atomic mass is 9.98. The molecule has 98 valence electrons. The van der Waals surface area contributed by atoms with Gasteiger partial charge < -0.3 is 10.4 Å². The first-order valence-electron chi connectivity index (χ1n) is 6.77. The molecule has 2 fully saturated rings. The maximum Gasteiger partial charge on any atom is 0.234 e. The average molecular weight is 240 g/mol. The third-order valence-electron chi connectivity index (χ3n) is 3.81. The van der Waals surface area contributed by atoms with Crippen molar-refractivity contribution in [3.8, 4) is 0 Å². The van der Waals surface area contributed by atoms with Crippen LogP contribution in [0.3, 0.4) is 0 Å². The van der Waals surface area contributed by atoms with E-state index in [0.29, 0.717) is 6.54 Å². The first kappa shape index (κ1) is 12.8. The van der Waals surface area contributed by atoms with Crippen LogP contribution in [0.1, 0.15) is 39.0 Å². The third kappa shape index (κ3) is 4.64. The summed E-state index contributed by atoms with van der Waals surface area (Å²) in [5.74, 6) is 0.877. The number of hydrogen-bond donors (Lipinski definition) is 2. The van der Waals surface area contributed by atoms with Crippen LogP contribution in [-0.4, -0.2) is 47.7 Å². The van der Waals surface area contributed by atoms with Gasteiger partial charge in [-0.3, -0.25) is 9.69 Å². The minimum atomic E-state index is -0.542. The molecule has 0 aromatic heterocycles. The Morgan fingerprint density at radius 3 is 2.88 bits per heavy atom. The fourth-order valence-electron chi connectivity index (χ4n) is 2.32. The molecule has 4 heteroatoms. The minimum Gasteiger partial charge on any atom is -0.390 e. The van der Waals surface area contributed by atoms with E-state index in [2.05, 4.69) is 10.2 Å². The Balaban J connectivity index is 1.68. The highest BCUT2D eigenvalue weighted by Gasteiger charge is 2.26. The van der Waals surface area contributed by atoms with Gasteiger partial charge in [0, 0.05) is 13.1 Å². The van der Waals surface area contributed by atoms with Gasteiger partial charge in [0.1, 0.15) is 0 Å². The molecule has 1 aliphatic heterocycles. The predicted molar refractivity (Wildman–Crippen MR) is 66.6 cm³/mol. The van der Waals surface area contributed by atoms with Crippen LogP contribution in [0.15, 0.2) is 0 Å². The molecule has 2 aliphatic rings. The lowest BCUT2D eigenvalue weighted by molar-refractivity contribution is -0.122. The molecular weight excluding hydrogens is 216 g/mol. The van der Waals surface area contributed by atoms with E-state index < -0.39 is 5.60 Å². The van der Waals surface area contributed by atoms with E-state index in [9.17, 15) is 9.90 Å². The maximum absolute atomic E-state index is 11.7. The van der Waals surface area contributed by atoms with Gasteiger partial charge in [0.2, 0.25) is 5.91 Å². The van der Waals surface area contributed by atoms with E-state index in [1.165, 1.54) is 12.8 Å². The number of hydrogen-bond acceptors (Lipinski definition) is 3. The molecule has 1 aliphatic carbocycles. The lowest BCUT2D eigenvalue weighted by Gasteiger charge is -2.22. The predicted octanol–water partition coefficient (Wildman–Crippen LogP) is 0.749. The lowest BCUT2D eigenvalue weighted by Crippen LogP contribution is -2.39. The van der Waals surface area contributed by atoms with Gasteiger partial charge in [0.05, 0.1) is 12.1 Å². The number of amides is 1. The first-order chi connectivity index (χ1) is 8.05. The van der Waals surface area contributed by atoms with Crippen molar-refractivity contribution in [3.05, 3.63) is 0 Å². The monoisotopic (exact) mass is 240 g/mol. The van der Waals surface area contributed by atoms with E-state index in [1.807, 2.05) is 6.92 Å². The molecule has 0 spiro atoms.